The molecule has 0 radical (unpaired) electrons. The molecule has 0 fully saturated rings. The summed E-state index contributed by atoms with van der Waals surface area (Å²) < 4.78 is 2.32. The van der Waals surface area contributed by atoms with Crippen molar-refractivity contribution < 1.29 is 9.22 Å². The summed E-state index contributed by atoms with van der Waals surface area (Å²) in [5, 5.41) is 0. The molecular formula is C3H3Cl5O2Si. The van der Waals surface area contributed by atoms with Crippen molar-refractivity contribution in [2.45, 2.75) is 10.3 Å². The Labute approximate surface area is 89.2 Å². The van der Waals surface area contributed by atoms with Gasteiger partial charge in [0.1, 0.15) is 0 Å². The van der Waals surface area contributed by atoms with Gasteiger partial charge < -0.3 is 4.43 Å². The quantitative estimate of drug-likeness (QED) is 0.418. The van der Waals surface area contributed by atoms with Crippen LogP contribution in [0.2, 0.25) is 6.55 Å². The molecule has 0 spiro atoms. The van der Waals surface area contributed by atoms with Crippen molar-refractivity contribution in [2.24, 2.45) is 0 Å². The largest absolute Gasteiger partial charge is 0.488 e. The van der Waals surface area contributed by atoms with Crippen molar-refractivity contribution in [1.29, 1.82) is 0 Å². The van der Waals surface area contributed by atoms with Crippen LogP contribution in [0.1, 0.15) is 0 Å². The number of hydrogen-bond donors (Lipinski definition) is 0. The Balaban J connectivity index is 4.11. The molecule has 0 aromatic heterocycles. The molecule has 11 heavy (non-hydrogen) atoms. The highest BCUT2D eigenvalue weighted by Gasteiger charge is 2.38. The van der Waals surface area contributed by atoms with Crippen molar-refractivity contribution in [3.63, 3.8) is 0 Å². The average molecular weight is 276 g/mol. The van der Waals surface area contributed by atoms with Gasteiger partial charge in [0.2, 0.25) is 0 Å². The molecule has 8 heteroatoms. The Hall–Kier alpha value is 1.14. The summed E-state index contributed by atoms with van der Waals surface area (Å²) >= 11 is 26.3. The van der Waals surface area contributed by atoms with Gasteiger partial charge in [0.05, 0.1) is 0 Å². The molecule has 0 aliphatic heterocycles. The number of alkyl halides is 3. The van der Waals surface area contributed by atoms with Gasteiger partial charge in [0.15, 0.2) is 0 Å². The fourth-order valence-electron chi connectivity index (χ4n) is 0.221. The molecule has 0 amide bonds. The second kappa shape index (κ2) is 3.90. The van der Waals surface area contributed by atoms with Gasteiger partial charge in [0.25, 0.3) is 3.79 Å². The van der Waals surface area contributed by atoms with Gasteiger partial charge in [-0.1, -0.05) is 34.8 Å². The number of carbonyl (C=O) groups excluding carboxylic acids is 1. The molecule has 0 atom stereocenters. The zero-order chi connectivity index (χ0) is 9.28. The summed E-state index contributed by atoms with van der Waals surface area (Å²) in [6, 6.07) is 0. The molecule has 0 bridgehead atoms. The van der Waals surface area contributed by atoms with Crippen LogP contribution >= 0.6 is 57.0 Å². The van der Waals surface area contributed by atoms with Crippen molar-refractivity contribution in [3.8, 4) is 0 Å². The molecule has 0 saturated heterocycles. The van der Waals surface area contributed by atoms with Gasteiger partial charge >= 0.3 is 12.9 Å². The lowest BCUT2D eigenvalue weighted by Crippen LogP contribution is -2.31. The molecule has 0 saturated carbocycles. The summed E-state index contributed by atoms with van der Waals surface area (Å²) in [6.45, 7) is -1.62. The van der Waals surface area contributed by atoms with Crippen LogP contribution in [0.4, 0.5) is 0 Å². The third-order valence-electron chi connectivity index (χ3n) is 0.503. The maximum absolute atomic E-state index is 10.7. The predicted octanol–water partition coefficient (Wildman–Crippen LogP) is 2.95. The SMILES string of the molecule is C[Si](Cl)(Cl)OC(=O)C(Cl)(Cl)Cl. The Kier molecular flexibility index (Phi) is 4.30. The minimum Gasteiger partial charge on any atom is -0.488 e. The molecule has 2 nitrogen and oxygen atoms in total. The van der Waals surface area contributed by atoms with Crippen molar-refractivity contribution in [1.82, 2.24) is 0 Å². The molecule has 0 heterocycles. The maximum Gasteiger partial charge on any atom is 0.448 e. The molecule has 0 aromatic carbocycles. The van der Waals surface area contributed by atoms with Crippen LogP contribution in [0.25, 0.3) is 0 Å². The van der Waals surface area contributed by atoms with Gasteiger partial charge in [-0.25, -0.2) is 4.79 Å². The van der Waals surface area contributed by atoms with Gasteiger partial charge in [0, 0.05) is 0 Å². The molecule has 0 N–H and O–H groups in total. The average Bonchev–Trinajstić information content (AvgIpc) is 1.56. The Morgan fingerprint density at radius 3 is 1.82 bits per heavy atom. The molecule has 0 rings (SSSR count). The van der Waals surface area contributed by atoms with Crippen LogP contribution in [-0.2, 0) is 9.22 Å². The summed E-state index contributed by atoms with van der Waals surface area (Å²) in [7, 11) is 0. The molecule has 66 valence electrons. The Morgan fingerprint density at radius 2 is 1.73 bits per heavy atom. The van der Waals surface area contributed by atoms with Gasteiger partial charge in [-0.3, -0.25) is 0 Å². The normalized spacial score (nSPS) is 12.9. The minimum atomic E-state index is -2.99. The molecule has 0 unspecified atom stereocenters. The zero-order valence-electron chi connectivity index (χ0n) is 5.21. The van der Waals surface area contributed by atoms with E-state index < -0.39 is 16.7 Å². The highest BCUT2D eigenvalue weighted by molar-refractivity contribution is 7.42. The van der Waals surface area contributed by atoms with Crippen LogP contribution in [0, 0.1) is 0 Å². The summed E-state index contributed by atoms with van der Waals surface area (Å²) in [5.41, 5.74) is 0. The van der Waals surface area contributed by atoms with E-state index >= 15 is 0 Å². The predicted molar refractivity (Wildman–Crippen MR) is 49.7 cm³/mol. The molecule has 0 aliphatic carbocycles. The second-order valence-corrected chi connectivity index (χ2v) is 10.7. The highest BCUT2D eigenvalue weighted by atomic mass is 35.7. The van der Waals surface area contributed by atoms with E-state index in [2.05, 4.69) is 4.43 Å². The lowest BCUT2D eigenvalue weighted by molar-refractivity contribution is -0.133. The van der Waals surface area contributed by atoms with Crippen molar-refractivity contribution >= 4 is 69.9 Å². The van der Waals surface area contributed by atoms with Gasteiger partial charge in [-0.05, 0) is 6.55 Å². The van der Waals surface area contributed by atoms with Crippen LogP contribution in [-0.4, -0.2) is 16.7 Å². The summed E-state index contributed by atoms with van der Waals surface area (Å²) in [6.07, 6.45) is 0. The standard InChI is InChI=1S/C3H3Cl5O2Si/c1-11(7,8)10-2(9)3(4,5)6/h1H3. The smallest absolute Gasteiger partial charge is 0.448 e. The topological polar surface area (TPSA) is 26.3 Å². The van der Waals surface area contributed by atoms with Crippen molar-refractivity contribution in [2.75, 3.05) is 0 Å². The summed E-state index contributed by atoms with van der Waals surface area (Å²) in [5.74, 6) is -1.05. The third kappa shape index (κ3) is 6.31. The fraction of sp³-hybridized carbons (Fsp3) is 0.667. The first-order valence-corrected chi connectivity index (χ1v) is 7.87. The van der Waals surface area contributed by atoms with Crippen molar-refractivity contribution in [3.05, 3.63) is 0 Å². The number of halogens is 5. The van der Waals surface area contributed by atoms with E-state index in [1.807, 2.05) is 0 Å². The third-order valence-corrected chi connectivity index (χ3v) is 1.97. The van der Waals surface area contributed by atoms with Gasteiger partial charge in [-0.15, -0.1) is 22.2 Å². The Bertz CT molecular complexity index is 158. The van der Waals surface area contributed by atoms with E-state index in [0.29, 0.717) is 0 Å². The first kappa shape index (κ1) is 12.1. The number of hydrogen-bond acceptors (Lipinski definition) is 2. The molecule has 0 aliphatic rings. The lowest BCUT2D eigenvalue weighted by atomic mass is 10.8. The maximum atomic E-state index is 10.7. The van der Waals surface area contributed by atoms with Crippen LogP contribution in [0.3, 0.4) is 0 Å². The van der Waals surface area contributed by atoms with Crippen LogP contribution in [0.5, 0.6) is 0 Å². The highest BCUT2D eigenvalue weighted by Crippen LogP contribution is 2.30. The number of rotatable bonds is 1. The second-order valence-electron chi connectivity index (χ2n) is 1.70. The first-order chi connectivity index (χ1) is 4.63. The van der Waals surface area contributed by atoms with E-state index in [0.717, 1.165) is 0 Å². The number of carbonyl (C=O) groups is 1. The summed E-state index contributed by atoms with van der Waals surface area (Å²) in [4.78, 5) is 10.7. The monoisotopic (exact) mass is 274 g/mol. The molecular weight excluding hydrogens is 273 g/mol. The van der Waals surface area contributed by atoms with E-state index in [9.17, 15) is 4.79 Å². The van der Waals surface area contributed by atoms with Crippen LogP contribution < -0.4 is 0 Å². The van der Waals surface area contributed by atoms with E-state index in [1.54, 1.807) is 0 Å². The minimum absolute atomic E-state index is 1.05. The van der Waals surface area contributed by atoms with E-state index in [1.165, 1.54) is 6.55 Å². The van der Waals surface area contributed by atoms with E-state index in [-0.39, 0.29) is 0 Å². The zero-order valence-corrected chi connectivity index (χ0v) is 9.99. The fourth-order valence-corrected chi connectivity index (χ4v) is 1.43. The van der Waals surface area contributed by atoms with E-state index in [4.69, 9.17) is 57.0 Å². The Morgan fingerprint density at radius 1 is 1.36 bits per heavy atom. The first-order valence-electron chi connectivity index (χ1n) is 2.31. The van der Waals surface area contributed by atoms with Crippen LogP contribution in [0.15, 0.2) is 0 Å². The molecule has 0 aromatic rings. The lowest BCUT2D eigenvalue weighted by Gasteiger charge is -2.15. The van der Waals surface area contributed by atoms with Gasteiger partial charge in [-0.2, -0.15) is 0 Å².